The van der Waals surface area contributed by atoms with Crippen LogP contribution in [-0.4, -0.2) is 23.9 Å². The zero-order valence-corrected chi connectivity index (χ0v) is 10.1. The van der Waals surface area contributed by atoms with E-state index >= 15 is 0 Å². The summed E-state index contributed by atoms with van der Waals surface area (Å²) in [6.07, 6.45) is 1.37. The van der Waals surface area contributed by atoms with Crippen LogP contribution in [-0.2, 0) is 4.79 Å². The fraction of sp³-hybridized carbons (Fsp3) is 0.462. The molecule has 1 fully saturated rings. The molecule has 2 rings (SSSR count). The van der Waals surface area contributed by atoms with Gasteiger partial charge in [-0.1, -0.05) is 31.5 Å². The van der Waals surface area contributed by atoms with Crippen LogP contribution in [0.5, 0.6) is 0 Å². The molecule has 0 saturated carbocycles. The van der Waals surface area contributed by atoms with Crippen molar-refractivity contribution in [2.75, 3.05) is 7.05 Å². The summed E-state index contributed by atoms with van der Waals surface area (Å²) in [5, 5.41) is 3.18. The van der Waals surface area contributed by atoms with E-state index in [1.165, 1.54) is 6.07 Å². The Morgan fingerprint density at radius 2 is 2.12 bits per heavy atom. The van der Waals surface area contributed by atoms with E-state index in [1.807, 2.05) is 6.92 Å². The second-order valence-electron chi connectivity index (χ2n) is 4.38. The molecule has 0 radical (unpaired) electrons. The summed E-state index contributed by atoms with van der Waals surface area (Å²) >= 11 is 0. The summed E-state index contributed by atoms with van der Waals surface area (Å²) in [4.78, 5) is 13.5. The van der Waals surface area contributed by atoms with Crippen LogP contribution in [0.3, 0.4) is 0 Å². The van der Waals surface area contributed by atoms with Crippen LogP contribution in [0.4, 0.5) is 4.39 Å². The lowest BCUT2D eigenvalue weighted by atomic mass is 10.1. The first kappa shape index (κ1) is 12.0. The number of carbonyl (C=O) groups is 1. The van der Waals surface area contributed by atoms with Crippen LogP contribution < -0.4 is 5.32 Å². The summed E-state index contributed by atoms with van der Waals surface area (Å²) in [6, 6.07) is 6.38. The molecule has 1 saturated heterocycles. The van der Waals surface area contributed by atoms with Crippen molar-refractivity contribution in [3.05, 3.63) is 35.6 Å². The van der Waals surface area contributed by atoms with Gasteiger partial charge in [0.15, 0.2) is 0 Å². The molecular formula is C13H17FN2O. The summed E-state index contributed by atoms with van der Waals surface area (Å²) in [7, 11) is 1.71. The van der Waals surface area contributed by atoms with Crippen LogP contribution in [0, 0.1) is 5.82 Å². The van der Waals surface area contributed by atoms with Gasteiger partial charge in [-0.05, 0) is 12.5 Å². The van der Waals surface area contributed by atoms with Crippen molar-refractivity contribution in [2.45, 2.75) is 32.0 Å². The Morgan fingerprint density at radius 3 is 2.76 bits per heavy atom. The number of benzene rings is 1. The number of amides is 1. The largest absolute Gasteiger partial charge is 0.325 e. The maximum atomic E-state index is 13.7. The molecule has 1 aromatic carbocycles. The van der Waals surface area contributed by atoms with Crippen molar-refractivity contribution >= 4 is 5.91 Å². The normalized spacial score (nSPS) is 24.4. The standard InChI is InChI=1S/C13H17FN2O/c1-3-6-11-13(17)16(2)12(15-11)9-7-4-5-8-10(9)14/h4-5,7-8,11-12,15H,3,6H2,1-2H3. The zero-order chi connectivity index (χ0) is 12.4. The average molecular weight is 236 g/mol. The predicted octanol–water partition coefficient (Wildman–Crippen LogP) is 2.05. The smallest absolute Gasteiger partial charge is 0.241 e. The van der Waals surface area contributed by atoms with Gasteiger partial charge in [-0.2, -0.15) is 0 Å². The summed E-state index contributed by atoms with van der Waals surface area (Å²) in [5.74, 6) is -0.234. The number of hydrogen-bond donors (Lipinski definition) is 1. The number of carbonyl (C=O) groups excluding carboxylic acids is 1. The van der Waals surface area contributed by atoms with Gasteiger partial charge < -0.3 is 4.90 Å². The van der Waals surface area contributed by atoms with Gasteiger partial charge in [0.2, 0.25) is 5.91 Å². The highest BCUT2D eigenvalue weighted by molar-refractivity contribution is 5.84. The van der Waals surface area contributed by atoms with E-state index in [0.717, 1.165) is 12.8 Å². The predicted molar refractivity (Wildman–Crippen MR) is 63.7 cm³/mol. The lowest BCUT2D eigenvalue weighted by Gasteiger charge is -2.20. The number of likely N-dealkylation sites (N-methyl/N-ethyl adjacent to an activating group) is 1. The first-order valence-electron chi connectivity index (χ1n) is 5.92. The fourth-order valence-electron chi connectivity index (χ4n) is 2.24. The Bertz CT molecular complexity index is 422. The van der Waals surface area contributed by atoms with Crippen molar-refractivity contribution in [1.29, 1.82) is 0 Å². The molecule has 1 aliphatic rings. The highest BCUT2D eigenvalue weighted by Crippen LogP contribution is 2.26. The third-order valence-corrected chi connectivity index (χ3v) is 3.17. The van der Waals surface area contributed by atoms with Gasteiger partial charge in [0.05, 0.1) is 6.04 Å². The Kier molecular flexibility index (Phi) is 3.43. The van der Waals surface area contributed by atoms with Crippen LogP contribution in [0.15, 0.2) is 24.3 Å². The third-order valence-electron chi connectivity index (χ3n) is 3.17. The van der Waals surface area contributed by atoms with E-state index in [9.17, 15) is 9.18 Å². The molecule has 2 unspecified atom stereocenters. The minimum atomic E-state index is -0.347. The second-order valence-corrected chi connectivity index (χ2v) is 4.38. The van der Waals surface area contributed by atoms with E-state index in [0.29, 0.717) is 5.56 Å². The average Bonchev–Trinajstić information content (AvgIpc) is 2.59. The maximum absolute atomic E-state index is 13.7. The molecule has 1 heterocycles. The number of nitrogens with zero attached hydrogens (tertiary/aromatic N) is 1. The van der Waals surface area contributed by atoms with Crippen molar-refractivity contribution in [3.8, 4) is 0 Å². The SMILES string of the molecule is CCCC1NC(c2ccccc2F)N(C)C1=O. The van der Waals surface area contributed by atoms with E-state index in [2.05, 4.69) is 5.32 Å². The van der Waals surface area contributed by atoms with E-state index in [-0.39, 0.29) is 23.9 Å². The Balaban J connectivity index is 2.24. The van der Waals surface area contributed by atoms with Gasteiger partial charge in [0, 0.05) is 12.6 Å². The number of hydrogen-bond acceptors (Lipinski definition) is 2. The highest BCUT2D eigenvalue weighted by atomic mass is 19.1. The molecule has 0 spiro atoms. The molecule has 0 aliphatic carbocycles. The zero-order valence-electron chi connectivity index (χ0n) is 10.1. The molecule has 92 valence electrons. The minimum Gasteiger partial charge on any atom is -0.325 e. The molecule has 2 atom stereocenters. The lowest BCUT2D eigenvalue weighted by molar-refractivity contribution is -0.128. The molecule has 3 nitrogen and oxygen atoms in total. The lowest BCUT2D eigenvalue weighted by Crippen LogP contribution is -2.28. The van der Waals surface area contributed by atoms with Gasteiger partial charge in [0.1, 0.15) is 12.0 Å². The van der Waals surface area contributed by atoms with Gasteiger partial charge in [-0.15, -0.1) is 0 Å². The number of halogens is 1. The number of rotatable bonds is 3. The van der Waals surface area contributed by atoms with Gasteiger partial charge in [0.25, 0.3) is 0 Å². The van der Waals surface area contributed by atoms with Gasteiger partial charge >= 0.3 is 0 Å². The maximum Gasteiger partial charge on any atom is 0.241 e. The van der Waals surface area contributed by atoms with E-state index in [4.69, 9.17) is 0 Å². The fourth-order valence-corrected chi connectivity index (χ4v) is 2.24. The van der Waals surface area contributed by atoms with Crippen LogP contribution in [0.1, 0.15) is 31.5 Å². The molecule has 4 heteroatoms. The monoisotopic (exact) mass is 236 g/mol. The molecule has 1 aliphatic heterocycles. The molecule has 0 aromatic heterocycles. The van der Waals surface area contributed by atoms with Crippen molar-refractivity contribution in [2.24, 2.45) is 0 Å². The van der Waals surface area contributed by atoms with Crippen molar-refractivity contribution in [3.63, 3.8) is 0 Å². The third kappa shape index (κ3) is 2.17. The highest BCUT2D eigenvalue weighted by Gasteiger charge is 2.37. The van der Waals surface area contributed by atoms with Crippen LogP contribution in [0.25, 0.3) is 0 Å². The summed E-state index contributed by atoms with van der Waals surface area (Å²) in [6.45, 7) is 2.03. The number of nitrogens with one attached hydrogen (secondary N) is 1. The van der Waals surface area contributed by atoms with Gasteiger partial charge in [-0.3, -0.25) is 10.1 Å². The van der Waals surface area contributed by atoms with E-state index < -0.39 is 0 Å². The van der Waals surface area contributed by atoms with Crippen molar-refractivity contribution < 1.29 is 9.18 Å². The molecular weight excluding hydrogens is 219 g/mol. The van der Waals surface area contributed by atoms with Gasteiger partial charge in [-0.25, -0.2) is 4.39 Å². The molecule has 1 N–H and O–H groups in total. The Morgan fingerprint density at radius 1 is 1.41 bits per heavy atom. The van der Waals surface area contributed by atoms with Crippen molar-refractivity contribution in [1.82, 2.24) is 10.2 Å². The van der Waals surface area contributed by atoms with Crippen LogP contribution >= 0.6 is 0 Å². The molecule has 1 aromatic rings. The summed E-state index contributed by atoms with van der Waals surface area (Å²) in [5.41, 5.74) is 0.530. The Labute approximate surface area is 101 Å². The topological polar surface area (TPSA) is 32.3 Å². The Hall–Kier alpha value is -1.42. The first-order valence-corrected chi connectivity index (χ1v) is 5.92. The molecule has 0 bridgehead atoms. The summed E-state index contributed by atoms with van der Waals surface area (Å²) < 4.78 is 13.7. The molecule has 1 amide bonds. The quantitative estimate of drug-likeness (QED) is 0.871. The molecule has 17 heavy (non-hydrogen) atoms. The first-order chi connectivity index (χ1) is 8.15. The second kappa shape index (κ2) is 4.84. The van der Waals surface area contributed by atoms with Crippen LogP contribution in [0.2, 0.25) is 0 Å². The minimum absolute atomic E-state index is 0.0418. The van der Waals surface area contributed by atoms with E-state index in [1.54, 1.807) is 30.1 Å².